The monoisotopic (exact) mass is 168 g/mol. The quantitative estimate of drug-likeness (QED) is 0.689. The molecule has 1 aromatic heterocycles. The molecule has 0 aromatic carbocycles. The van der Waals surface area contributed by atoms with Crippen LogP contribution in [0.25, 0.3) is 0 Å². The molecule has 0 radical (unpaired) electrons. The second-order valence-corrected chi connectivity index (χ2v) is 2.85. The number of rotatable bonds is 3. The zero-order chi connectivity index (χ0) is 9.14. The van der Waals surface area contributed by atoms with Gasteiger partial charge >= 0.3 is 0 Å². The van der Waals surface area contributed by atoms with E-state index in [1.165, 1.54) is 0 Å². The molecule has 1 rings (SSSR count). The van der Waals surface area contributed by atoms with Gasteiger partial charge in [0.25, 0.3) is 0 Å². The highest BCUT2D eigenvalue weighted by atomic mass is 16.5. The summed E-state index contributed by atoms with van der Waals surface area (Å²) >= 11 is 0. The first-order valence-corrected chi connectivity index (χ1v) is 4.25. The number of aromatic nitrogens is 2. The molecule has 0 amide bonds. The fraction of sp³-hybridized carbons (Fsp3) is 0.667. The molecule has 0 saturated heterocycles. The van der Waals surface area contributed by atoms with Crippen LogP contribution in [0.5, 0.6) is 0 Å². The van der Waals surface area contributed by atoms with E-state index >= 15 is 0 Å². The second-order valence-electron chi connectivity index (χ2n) is 2.85. The van der Waals surface area contributed by atoms with Gasteiger partial charge in [0, 0.05) is 13.7 Å². The van der Waals surface area contributed by atoms with Gasteiger partial charge in [0.2, 0.25) is 0 Å². The summed E-state index contributed by atoms with van der Waals surface area (Å²) in [6, 6.07) is 0. The van der Waals surface area contributed by atoms with Gasteiger partial charge in [0.15, 0.2) is 0 Å². The highest BCUT2D eigenvalue weighted by molar-refractivity contribution is 5.07. The molecule has 0 spiro atoms. The molecule has 68 valence electrons. The summed E-state index contributed by atoms with van der Waals surface area (Å²) in [5, 5.41) is 0. The van der Waals surface area contributed by atoms with Crippen LogP contribution in [-0.4, -0.2) is 16.7 Å². The van der Waals surface area contributed by atoms with E-state index in [1.54, 1.807) is 7.11 Å². The molecule has 3 heteroatoms. The molecule has 0 aliphatic heterocycles. The lowest BCUT2D eigenvalue weighted by atomic mass is 10.3. The van der Waals surface area contributed by atoms with E-state index in [1.807, 2.05) is 20.0 Å². The highest BCUT2D eigenvalue weighted by Crippen LogP contribution is 2.16. The summed E-state index contributed by atoms with van der Waals surface area (Å²) in [7, 11) is 1.72. The van der Waals surface area contributed by atoms with Crippen LogP contribution >= 0.6 is 0 Å². The largest absolute Gasteiger partial charge is 0.375 e. The maximum Gasteiger partial charge on any atom is 0.105 e. The molecule has 12 heavy (non-hydrogen) atoms. The first-order valence-electron chi connectivity index (χ1n) is 4.25. The predicted molar refractivity (Wildman–Crippen MR) is 48.1 cm³/mol. The average molecular weight is 168 g/mol. The van der Waals surface area contributed by atoms with E-state index in [9.17, 15) is 0 Å². The smallest absolute Gasteiger partial charge is 0.105 e. The van der Waals surface area contributed by atoms with Crippen molar-refractivity contribution < 1.29 is 4.74 Å². The normalized spacial score (nSPS) is 13.3. The zero-order valence-electron chi connectivity index (χ0n) is 8.16. The van der Waals surface area contributed by atoms with Crippen molar-refractivity contribution in [2.45, 2.75) is 33.4 Å². The lowest BCUT2D eigenvalue weighted by Gasteiger charge is -2.12. The van der Waals surface area contributed by atoms with E-state index in [2.05, 4.69) is 16.5 Å². The van der Waals surface area contributed by atoms with E-state index < -0.39 is 0 Å². The molecule has 0 aliphatic rings. The van der Waals surface area contributed by atoms with Crippen LogP contribution in [0, 0.1) is 6.92 Å². The number of ether oxygens (including phenoxy) is 1. The fourth-order valence-corrected chi connectivity index (χ4v) is 1.34. The standard InChI is InChI=1S/C9H16N2O/c1-5-11-8(3)10-6-9(11)7(2)12-4/h6-7H,5H2,1-4H3. The molecule has 1 aromatic rings. The Hall–Kier alpha value is -0.830. The Labute approximate surface area is 73.4 Å². The van der Waals surface area contributed by atoms with Crippen molar-refractivity contribution in [3.63, 3.8) is 0 Å². The maximum absolute atomic E-state index is 5.23. The van der Waals surface area contributed by atoms with Gasteiger partial charge in [-0.15, -0.1) is 0 Å². The molecule has 1 atom stereocenters. The van der Waals surface area contributed by atoms with Crippen LogP contribution in [0.15, 0.2) is 6.20 Å². The minimum Gasteiger partial charge on any atom is -0.375 e. The Morgan fingerprint density at radius 3 is 2.83 bits per heavy atom. The van der Waals surface area contributed by atoms with Gasteiger partial charge < -0.3 is 9.30 Å². The van der Waals surface area contributed by atoms with Crippen molar-refractivity contribution in [2.24, 2.45) is 0 Å². The van der Waals surface area contributed by atoms with Gasteiger partial charge in [-0.25, -0.2) is 4.98 Å². The molecule has 0 fully saturated rings. The van der Waals surface area contributed by atoms with Crippen LogP contribution in [0.1, 0.15) is 31.5 Å². The molecule has 3 nitrogen and oxygen atoms in total. The topological polar surface area (TPSA) is 27.1 Å². The van der Waals surface area contributed by atoms with Gasteiger partial charge in [-0.3, -0.25) is 0 Å². The van der Waals surface area contributed by atoms with Crippen molar-refractivity contribution in [3.8, 4) is 0 Å². The third-order valence-electron chi connectivity index (χ3n) is 2.17. The summed E-state index contributed by atoms with van der Waals surface area (Å²) < 4.78 is 7.39. The Balaban J connectivity index is 2.98. The lowest BCUT2D eigenvalue weighted by molar-refractivity contribution is 0.112. The molecule has 1 unspecified atom stereocenters. The van der Waals surface area contributed by atoms with Crippen LogP contribution in [0.2, 0.25) is 0 Å². The van der Waals surface area contributed by atoms with Crippen molar-refractivity contribution in [2.75, 3.05) is 7.11 Å². The Morgan fingerprint density at radius 1 is 1.67 bits per heavy atom. The Kier molecular flexibility index (Phi) is 2.87. The van der Waals surface area contributed by atoms with E-state index in [0.29, 0.717) is 0 Å². The van der Waals surface area contributed by atoms with Gasteiger partial charge in [0.1, 0.15) is 5.82 Å². The molecule has 0 saturated carbocycles. The minimum absolute atomic E-state index is 0.131. The molecular formula is C9H16N2O. The van der Waals surface area contributed by atoms with Crippen molar-refractivity contribution in [1.29, 1.82) is 0 Å². The summed E-state index contributed by atoms with van der Waals surface area (Å²) in [4.78, 5) is 4.24. The first-order chi connectivity index (χ1) is 5.70. The SMILES string of the molecule is CCn1c(C(C)OC)cnc1C. The van der Waals surface area contributed by atoms with Crippen molar-refractivity contribution >= 4 is 0 Å². The summed E-state index contributed by atoms with van der Waals surface area (Å²) in [6.07, 6.45) is 2.01. The Morgan fingerprint density at radius 2 is 2.33 bits per heavy atom. The average Bonchev–Trinajstić information content (AvgIpc) is 2.45. The third-order valence-corrected chi connectivity index (χ3v) is 2.17. The molecule has 1 heterocycles. The Bertz CT molecular complexity index is 255. The number of hydrogen-bond acceptors (Lipinski definition) is 2. The lowest BCUT2D eigenvalue weighted by Crippen LogP contribution is -2.07. The van der Waals surface area contributed by atoms with Gasteiger partial charge in [-0.1, -0.05) is 0 Å². The molecule has 0 aliphatic carbocycles. The number of nitrogens with zero attached hydrogens (tertiary/aromatic N) is 2. The fourth-order valence-electron chi connectivity index (χ4n) is 1.34. The van der Waals surface area contributed by atoms with Crippen molar-refractivity contribution in [3.05, 3.63) is 17.7 Å². The van der Waals surface area contributed by atoms with E-state index in [0.717, 1.165) is 18.1 Å². The minimum atomic E-state index is 0.131. The van der Waals surface area contributed by atoms with Crippen LogP contribution < -0.4 is 0 Å². The van der Waals surface area contributed by atoms with Gasteiger partial charge in [-0.2, -0.15) is 0 Å². The summed E-state index contributed by atoms with van der Waals surface area (Å²) in [5.41, 5.74) is 1.15. The zero-order valence-corrected chi connectivity index (χ0v) is 8.16. The molecule has 0 bridgehead atoms. The first kappa shape index (κ1) is 9.26. The highest BCUT2D eigenvalue weighted by Gasteiger charge is 2.10. The third kappa shape index (κ3) is 1.50. The van der Waals surface area contributed by atoms with Gasteiger partial charge in [-0.05, 0) is 20.8 Å². The maximum atomic E-state index is 5.23. The van der Waals surface area contributed by atoms with Gasteiger partial charge in [0.05, 0.1) is 18.0 Å². The van der Waals surface area contributed by atoms with Crippen LogP contribution in [-0.2, 0) is 11.3 Å². The number of methoxy groups -OCH3 is 1. The number of hydrogen-bond donors (Lipinski definition) is 0. The second kappa shape index (κ2) is 3.72. The molecule has 0 N–H and O–H groups in total. The predicted octanol–water partition coefficient (Wildman–Crippen LogP) is 1.92. The summed E-state index contributed by atoms with van der Waals surface area (Å²) in [6.45, 7) is 7.10. The number of aryl methyl sites for hydroxylation is 1. The number of imidazole rings is 1. The van der Waals surface area contributed by atoms with Crippen LogP contribution in [0.4, 0.5) is 0 Å². The van der Waals surface area contributed by atoms with Crippen molar-refractivity contribution in [1.82, 2.24) is 9.55 Å². The summed E-state index contributed by atoms with van der Waals surface area (Å²) in [5.74, 6) is 1.05. The van der Waals surface area contributed by atoms with E-state index in [-0.39, 0.29) is 6.10 Å². The van der Waals surface area contributed by atoms with Crippen LogP contribution in [0.3, 0.4) is 0 Å². The molecular weight excluding hydrogens is 152 g/mol. The van der Waals surface area contributed by atoms with E-state index in [4.69, 9.17) is 4.74 Å².